The largest absolute Gasteiger partial charge is 0.341 e. The molecule has 0 fully saturated rings. The molecule has 0 saturated carbocycles. The van der Waals surface area contributed by atoms with Crippen molar-refractivity contribution < 1.29 is 0 Å². The highest BCUT2D eigenvalue weighted by atomic mass is 15.2. The molecule has 0 saturated heterocycles. The van der Waals surface area contributed by atoms with Gasteiger partial charge in [-0.05, 0) is 31.2 Å². The summed E-state index contributed by atoms with van der Waals surface area (Å²) in [5.74, 6) is 2.23. The van der Waals surface area contributed by atoms with E-state index in [1.807, 2.05) is 0 Å². The number of rotatable bonds is 3. The van der Waals surface area contributed by atoms with E-state index in [1.54, 1.807) is 0 Å². The van der Waals surface area contributed by atoms with E-state index < -0.39 is 0 Å². The fraction of sp³-hybridized carbons (Fsp3) is 0.111. The molecule has 2 aromatic carbocycles. The van der Waals surface area contributed by atoms with Gasteiger partial charge in [-0.2, -0.15) is 0 Å². The first-order chi connectivity index (χ1) is 10.3. The molecule has 4 aromatic rings. The number of H-pyrrole nitrogens is 2. The Hall–Kier alpha value is -2.68. The zero-order valence-corrected chi connectivity index (χ0v) is 11.9. The minimum absolute atomic E-state index is 0.902. The molecule has 0 aliphatic rings. The van der Waals surface area contributed by atoms with Gasteiger partial charge in [-0.25, -0.2) is 0 Å². The first kappa shape index (κ1) is 12.1. The monoisotopic (exact) mass is 275 g/mol. The predicted molar refractivity (Wildman–Crippen MR) is 89.3 cm³/mol. The van der Waals surface area contributed by atoms with Crippen LogP contribution in [-0.2, 0) is 0 Å². The molecule has 0 aliphatic heterocycles. The number of hydrogen-bond acceptors (Lipinski definition) is 1. The smallest absolute Gasteiger partial charge is 0.112 e. The molecular formula is C18H17N3. The maximum atomic E-state index is 3.50. The fourth-order valence-corrected chi connectivity index (χ4v) is 2.88. The minimum atomic E-state index is 0.902. The molecule has 2 N–H and O–H groups in total. The van der Waals surface area contributed by atoms with E-state index in [2.05, 4.69) is 82.5 Å². The third-order valence-electron chi connectivity index (χ3n) is 3.93. The molecular weight excluding hydrogens is 258 g/mol. The number of aromatic nitrogens is 2. The number of hydrogen-bond donors (Lipinski definition) is 2. The van der Waals surface area contributed by atoms with Crippen LogP contribution in [0.25, 0.3) is 21.8 Å². The van der Waals surface area contributed by atoms with Crippen LogP contribution in [0.4, 0.5) is 11.6 Å². The first-order valence-corrected chi connectivity index (χ1v) is 7.28. The van der Waals surface area contributed by atoms with Crippen molar-refractivity contribution in [1.82, 2.24) is 9.97 Å². The van der Waals surface area contributed by atoms with Gasteiger partial charge in [0.1, 0.15) is 11.6 Å². The van der Waals surface area contributed by atoms with Gasteiger partial charge in [0.05, 0.1) is 0 Å². The Labute approximate surface area is 123 Å². The lowest BCUT2D eigenvalue weighted by atomic mass is 10.2. The molecule has 2 aromatic heterocycles. The molecule has 104 valence electrons. The van der Waals surface area contributed by atoms with Crippen LogP contribution < -0.4 is 4.90 Å². The summed E-state index contributed by atoms with van der Waals surface area (Å²) in [5.41, 5.74) is 2.34. The van der Waals surface area contributed by atoms with Crippen molar-refractivity contribution in [2.24, 2.45) is 0 Å². The Balaban J connectivity index is 1.83. The number of benzene rings is 2. The van der Waals surface area contributed by atoms with Crippen molar-refractivity contribution in [2.45, 2.75) is 6.92 Å². The van der Waals surface area contributed by atoms with Crippen LogP contribution in [0.15, 0.2) is 60.7 Å². The Morgan fingerprint density at radius 3 is 1.67 bits per heavy atom. The number of nitrogens with one attached hydrogen (secondary N) is 2. The van der Waals surface area contributed by atoms with E-state index >= 15 is 0 Å². The second-order valence-corrected chi connectivity index (χ2v) is 5.23. The number of aromatic amines is 2. The van der Waals surface area contributed by atoms with Gasteiger partial charge in [0, 0.05) is 28.4 Å². The van der Waals surface area contributed by atoms with E-state index in [9.17, 15) is 0 Å². The number of nitrogens with zero attached hydrogens (tertiary/aromatic N) is 1. The highest BCUT2D eigenvalue weighted by Gasteiger charge is 2.12. The lowest BCUT2D eigenvalue weighted by Gasteiger charge is -2.19. The summed E-state index contributed by atoms with van der Waals surface area (Å²) >= 11 is 0. The third kappa shape index (κ3) is 1.98. The van der Waals surface area contributed by atoms with E-state index in [-0.39, 0.29) is 0 Å². The average Bonchev–Trinajstić information content (AvgIpc) is 3.11. The Morgan fingerprint density at radius 2 is 1.24 bits per heavy atom. The van der Waals surface area contributed by atoms with Gasteiger partial charge >= 0.3 is 0 Å². The lowest BCUT2D eigenvalue weighted by molar-refractivity contribution is 0.984. The van der Waals surface area contributed by atoms with Crippen molar-refractivity contribution in [3.8, 4) is 0 Å². The van der Waals surface area contributed by atoms with E-state index in [0.29, 0.717) is 0 Å². The Morgan fingerprint density at radius 1 is 0.762 bits per heavy atom. The summed E-state index contributed by atoms with van der Waals surface area (Å²) < 4.78 is 0. The maximum absolute atomic E-state index is 3.50. The lowest BCUT2D eigenvalue weighted by Crippen LogP contribution is -2.16. The Kier molecular flexibility index (Phi) is 2.71. The molecule has 3 heteroatoms. The second kappa shape index (κ2) is 4.70. The zero-order valence-electron chi connectivity index (χ0n) is 11.9. The normalized spacial score (nSPS) is 11.3. The molecule has 0 radical (unpaired) electrons. The SMILES string of the molecule is CCN(c1cc2ccccc2[nH]1)c1cc2ccccc2[nH]1. The van der Waals surface area contributed by atoms with Crippen LogP contribution in [0.1, 0.15) is 6.92 Å². The molecule has 0 atom stereocenters. The van der Waals surface area contributed by atoms with Gasteiger partial charge in [0.15, 0.2) is 0 Å². The number of para-hydroxylation sites is 2. The topological polar surface area (TPSA) is 34.8 Å². The first-order valence-electron chi connectivity index (χ1n) is 7.28. The molecule has 21 heavy (non-hydrogen) atoms. The fourth-order valence-electron chi connectivity index (χ4n) is 2.88. The van der Waals surface area contributed by atoms with Crippen LogP contribution in [0.2, 0.25) is 0 Å². The quantitative estimate of drug-likeness (QED) is 0.553. The summed E-state index contributed by atoms with van der Waals surface area (Å²) in [7, 11) is 0. The van der Waals surface area contributed by atoms with E-state index in [4.69, 9.17) is 0 Å². The third-order valence-corrected chi connectivity index (χ3v) is 3.93. The standard InChI is InChI=1S/C18H17N3/c1-2-21(17-11-13-7-3-5-9-15(13)19-17)18-12-14-8-4-6-10-16(14)20-18/h3-12,19-20H,2H2,1H3. The summed E-state index contributed by atoms with van der Waals surface area (Å²) in [6.45, 7) is 3.07. The molecule has 0 aliphatic carbocycles. The molecule has 2 heterocycles. The highest BCUT2D eigenvalue weighted by Crippen LogP contribution is 2.29. The summed E-state index contributed by atoms with van der Waals surface area (Å²) in [5, 5.41) is 2.48. The Bertz CT molecular complexity index is 761. The molecule has 0 spiro atoms. The van der Waals surface area contributed by atoms with Crippen LogP contribution in [0.5, 0.6) is 0 Å². The van der Waals surface area contributed by atoms with Crippen molar-refractivity contribution >= 4 is 33.4 Å². The van der Waals surface area contributed by atoms with Gasteiger partial charge in [-0.1, -0.05) is 36.4 Å². The molecule has 0 unspecified atom stereocenters. The van der Waals surface area contributed by atoms with Crippen molar-refractivity contribution in [3.63, 3.8) is 0 Å². The van der Waals surface area contributed by atoms with Gasteiger partial charge in [0.25, 0.3) is 0 Å². The maximum Gasteiger partial charge on any atom is 0.112 e. The van der Waals surface area contributed by atoms with Gasteiger partial charge < -0.3 is 14.9 Å². The van der Waals surface area contributed by atoms with Crippen LogP contribution in [0.3, 0.4) is 0 Å². The van der Waals surface area contributed by atoms with Crippen molar-refractivity contribution in [2.75, 3.05) is 11.4 Å². The van der Waals surface area contributed by atoms with Gasteiger partial charge in [-0.3, -0.25) is 0 Å². The van der Waals surface area contributed by atoms with Crippen LogP contribution >= 0.6 is 0 Å². The molecule has 3 nitrogen and oxygen atoms in total. The van der Waals surface area contributed by atoms with Crippen LogP contribution in [-0.4, -0.2) is 16.5 Å². The number of fused-ring (bicyclic) bond motifs is 2. The van der Waals surface area contributed by atoms with Crippen LogP contribution in [0, 0.1) is 0 Å². The second-order valence-electron chi connectivity index (χ2n) is 5.23. The molecule has 0 amide bonds. The summed E-state index contributed by atoms with van der Waals surface area (Å²) in [6.07, 6.45) is 0. The predicted octanol–water partition coefficient (Wildman–Crippen LogP) is 4.81. The van der Waals surface area contributed by atoms with Crippen molar-refractivity contribution in [1.29, 1.82) is 0 Å². The average molecular weight is 275 g/mol. The van der Waals surface area contributed by atoms with Crippen molar-refractivity contribution in [3.05, 3.63) is 60.7 Å². The number of anilines is 2. The zero-order chi connectivity index (χ0) is 14.2. The van der Waals surface area contributed by atoms with E-state index in [1.165, 1.54) is 21.8 Å². The van der Waals surface area contributed by atoms with Gasteiger partial charge in [0.2, 0.25) is 0 Å². The molecule has 4 rings (SSSR count). The van der Waals surface area contributed by atoms with E-state index in [0.717, 1.165) is 18.2 Å². The highest BCUT2D eigenvalue weighted by molar-refractivity contribution is 5.88. The minimum Gasteiger partial charge on any atom is -0.341 e. The summed E-state index contributed by atoms with van der Waals surface area (Å²) in [6, 6.07) is 21.1. The van der Waals surface area contributed by atoms with Gasteiger partial charge in [-0.15, -0.1) is 0 Å². The summed E-state index contributed by atoms with van der Waals surface area (Å²) in [4.78, 5) is 9.25. The molecule has 0 bridgehead atoms.